The number of methoxy groups -OCH3 is 2. The number of Topliss-reactive ketones (excluding diaryl/α,β-unsaturated/α-hetero) is 1. The molecule has 3 heterocycles. The third kappa shape index (κ3) is 5.95. The van der Waals surface area contributed by atoms with E-state index in [1.165, 1.54) is 26.5 Å². The number of hydrogen-bond donors (Lipinski definition) is 2. The first-order valence-corrected chi connectivity index (χ1v) is 12.1. The van der Waals surface area contributed by atoms with E-state index in [1.807, 2.05) is 11.8 Å². The first kappa shape index (κ1) is 27.8. The average molecular weight is 544 g/mol. The largest absolute Gasteiger partial charge is 0.497 e. The fraction of sp³-hybridized carbons (Fsp3) is 0.333. The number of carbonyl (C=O) groups excluding carboxylic acids is 2. The number of halogens is 3. The molecule has 1 aliphatic rings. The third-order valence-corrected chi connectivity index (χ3v) is 6.67. The maximum atomic E-state index is 14.6. The van der Waals surface area contributed by atoms with E-state index in [0.29, 0.717) is 24.3 Å². The summed E-state index contributed by atoms with van der Waals surface area (Å²) in [6.07, 6.45) is 2.40. The molecule has 0 unspecified atom stereocenters. The van der Waals surface area contributed by atoms with Crippen LogP contribution in [-0.4, -0.2) is 61.2 Å². The number of benzene rings is 1. The minimum Gasteiger partial charge on any atom is -0.497 e. The Hall–Kier alpha value is -4.19. The number of ketones is 1. The van der Waals surface area contributed by atoms with E-state index < -0.39 is 46.6 Å². The van der Waals surface area contributed by atoms with Crippen LogP contribution in [-0.2, 0) is 11.2 Å². The number of rotatable bonds is 7. The summed E-state index contributed by atoms with van der Waals surface area (Å²) < 4.78 is 53.4. The van der Waals surface area contributed by atoms with Gasteiger partial charge in [0.05, 0.1) is 25.8 Å². The quantitative estimate of drug-likeness (QED) is 0.435. The molecule has 0 saturated carbocycles. The average Bonchev–Trinajstić information content (AvgIpc) is 2.91. The molecule has 0 aliphatic carbocycles. The van der Waals surface area contributed by atoms with Gasteiger partial charge in [-0.1, -0.05) is 6.92 Å². The normalized spacial score (nSPS) is 18.9. The highest BCUT2D eigenvalue weighted by Crippen LogP contribution is 2.31. The first-order chi connectivity index (χ1) is 18.6. The second-order valence-electron chi connectivity index (χ2n) is 9.31. The van der Waals surface area contributed by atoms with E-state index in [0.717, 1.165) is 18.2 Å². The standard InChI is InChI=1S/C27H28F3N5O4/c1-14-12-35(13-20(31)25(14)34-27(37)39-3)22-6-7-32-11-15(22)8-23(36)21-5-4-17(28)26(33-21)24-18(29)9-16(38-2)10-19(24)30/h4-7,9-11,14,20,25H,8,12-13,31H2,1-3H3,(H,34,37)/t14-,20+,25-/m0/s1. The molecule has 3 atom stereocenters. The monoisotopic (exact) mass is 543 g/mol. The van der Waals surface area contributed by atoms with E-state index >= 15 is 0 Å². The van der Waals surface area contributed by atoms with Crippen LogP contribution in [0.5, 0.6) is 5.75 Å². The smallest absolute Gasteiger partial charge is 0.407 e. The van der Waals surface area contributed by atoms with E-state index in [9.17, 15) is 22.8 Å². The molecule has 9 nitrogen and oxygen atoms in total. The number of nitrogens with zero attached hydrogens (tertiary/aromatic N) is 3. The van der Waals surface area contributed by atoms with Crippen LogP contribution < -0.4 is 20.7 Å². The third-order valence-electron chi connectivity index (χ3n) is 6.67. The highest BCUT2D eigenvalue weighted by molar-refractivity contribution is 5.97. The summed E-state index contributed by atoms with van der Waals surface area (Å²) in [5, 5.41) is 2.77. The Morgan fingerprint density at radius 1 is 1.10 bits per heavy atom. The SMILES string of the molecule is COC(=O)N[C@@H]1[C@H](N)CN(c2ccncc2CC(=O)c2ccc(F)c(-c3c(F)cc(OC)cc3F)n2)C[C@@H]1C. The van der Waals surface area contributed by atoms with Crippen LogP contribution in [0.15, 0.2) is 42.7 Å². The molecule has 39 heavy (non-hydrogen) atoms. The predicted molar refractivity (Wildman–Crippen MR) is 137 cm³/mol. The zero-order valence-corrected chi connectivity index (χ0v) is 21.6. The summed E-state index contributed by atoms with van der Waals surface area (Å²) in [5.41, 5.74) is 6.16. The van der Waals surface area contributed by atoms with Crippen molar-refractivity contribution in [2.75, 3.05) is 32.2 Å². The van der Waals surface area contributed by atoms with Crippen molar-refractivity contribution in [2.24, 2.45) is 11.7 Å². The van der Waals surface area contributed by atoms with Gasteiger partial charge in [0.2, 0.25) is 0 Å². The lowest BCUT2D eigenvalue weighted by Gasteiger charge is -2.42. The Morgan fingerprint density at radius 3 is 2.46 bits per heavy atom. The van der Waals surface area contributed by atoms with Gasteiger partial charge in [0.1, 0.15) is 34.6 Å². The van der Waals surface area contributed by atoms with Gasteiger partial charge in [0.25, 0.3) is 0 Å². The second-order valence-corrected chi connectivity index (χ2v) is 9.31. The Morgan fingerprint density at radius 2 is 1.82 bits per heavy atom. The van der Waals surface area contributed by atoms with Gasteiger partial charge < -0.3 is 25.4 Å². The summed E-state index contributed by atoms with van der Waals surface area (Å²) >= 11 is 0. The molecule has 1 amide bonds. The van der Waals surface area contributed by atoms with Crippen LogP contribution in [0, 0.1) is 23.4 Å². The molecule has 3 aromatic rings. The number of hydrogen-bond acceptors (Lipinski definition) is 8. The zero-order chi connectivity index (χ0) is 28.3. The number of nitrogens with two attached hydrogens (primary N) is 1. The van der Waals surface area contributed by atoms with E-state index in [1.54, 1.807) is 12.3 Å². The lowest BCUT2D eigenvalue weighted by atomic mass is 9.89. The number of alkyl carbamates (subject to hydrolysis) is 1. The molecular weight excluding hydrogens is 515 g/mol. The van der Waals surface area contributed by atoms with Crippen LogP contribution >= 0.6 is 0 Å². The highest BCUT2D eigenvalue weighted by atomic mass is 19.1. The number of aromatic nitrogens is 2. The molecular formula is C27H28F3N5O4. The minimum absolute atomic E-state index is 0.0415. The summed E-state index contributed by atoms with van der Waals surface area (Å²) in [4.78, 5) is 35.0. The van der Waals surface area contributed by atoms with Crippen LogP contribution in [0.4, 0.5) is 23.7 Å². The van der Waals surface area contributed by atoms with E-state index in [2.05, 4.69) is 15.3 Å². The van der Waals surface area contributed by atoms with Gasteiger partial charge in [-0.25, -0.2) is 22.9 Å². The zero-order valence-electron chi connectivity index (χ0n) is 21.6. The molecule has 1 aliphatic heterocycles. The van der Waals surface area contributed by atoms with E-state index in [4.69, 9.17) is 15.2 Å². The lowest BCUT2D eigenvalue weighted by Crippen LogP contribution is -2.62. The van der Waals surface area contributed by atoms with Crippen molar-refractivity contribution in [3.05, 3.63) is 71.4 Å². The van der Waals surface area contributed by atoms with Crippen LogP contribution in [0.1, 0.15) is 23.0 Å². The molecule has 0 bridgehead atoms. The van der Waals surface area contributed by atoms with Crippen molar-refractivity contribution in [3.8, 4) is 17.0 Å². The van der Waals surface area contributed by atoms with Gasteiger partial charge >= 0.3 is 6.09 Å². The summed E-state index contributed by atoms with van der Waals surface area (Å²) in [6.45, 7) is 2.86. The van der Waals surface area contributed by atoms with E-state index in [-0.39, 0.29) is 29.8 Å². The van der Waals surface area contributed by atoms with Gasteiger partial charge in [-0.3, -0.25) is 9.78 Å². The van der Waals surface area contributed by atoms with Crippen LogP contribution in [0.2, 0.25) is 0 Å². The van der Waals surface area contributed by atoms with Crippen LogP contribution in [0.3, 0.4) is 0 Å². The molecule has 0 spiro atoms. The summed E-state index contributed by atoms with van der Waals surface area (Å²) in [5.74, 6) is -3.76. The number of piperidine rings is 1. The number of ether oxygens (including phenoxy) is 2. The lowest BCUT2D eigenvalue weighted by molar-refractivity contribution is 0.0988. The van der Waals surface area contributed by atoms with Gasteiger partial charge in [-0.2, -0.15) is 0 Å². The van der Waals surface area contributed by atoms with Gasteiger partial charge in [0.15, 0.2) is 5.78 Å². The number of carbonyl (C=O) groups is 2. The Kier molecular flexibility index (Phi) is 8.34. The Labute approximate surface area is 223 Å². The fourth-order valence-electron chi connectivity index (χ4n) is 4.76. The molecule has 0 radical (unpaired) electrons. The molecule has 12 heteroatoms. The van der Waals surface area contributed by atoms with Crippen molar-refractivity contribution in [2.45, 2.75) is 25.4 Å². The fourth-order valence-corrected chi connectivity index (χ4v) is 4.76. The number of anilines is 1. The summed E-state index contributed by atoms with van der Waals surface area (Å²) in [6, 6.07) is 4.96. The number of amides is 1. The van der Waals surface area contributed by atoms with Gasteiger partial charge in [-0.15, -0.1) is 0 Å². The summed E-state index contributed by atoms with van der Waals surface area (Å²) in [7, 11) is 2.53. The molecule has 206 valence electrons. The molecule has 1 saturated heterocycles. The maximum absolute atomic E-state index is 14.6. The maximum Gasteiger partial charge on any atom is 0.407 e. The molecule has 2 aromatic heterocycles. The minimum atomic E-state index is -1.08. The van der Waals surface area contributed by atoms with Gasteiger partial charge in [0, 0.05) is 61.3 Å². The van der Waals surface area contributed by atoms with Crippen molar-refractivity contribution in [1.29, 1.82) is 0 Å². The van der Waals surface area contributed by atoms with Crippen molar-refractivity contribution in [3.63, 3.8) is 0 Å². The first-order valence-electron chi connectivity index (χ1n) is 12.1. The number of nitrogens with one attached hydrogen (secondary N) is 1. The molecule has 3 N–H and O–H groups in total. The van der Waals surface area contributed by atoms with Crippen molar-refractivity contribution >= 4 is 17.6 Å². The van der Waals surface area contributed by atoms with Crippen LogP contribution in [0.25, 0.3) is 11.3 Å². The van der Waals surface area contributed by atoms with Gasteiger partial charge in [-0.05, 0) is 24.1 Å². The predicted octanol–water partition coefficient (Wildman–Crippen LogP) is 3.50. The topological polar surface area (TPSA) is 120 Å². The molecule has 1 fully saturated rings. The number of pyridine rings is 2. The Bertz CT molecular complexity index is 1350. The van der Waals surface area contributed by atoms with Crippen molar-refractivity contribution in [1.82, 2.24) is 15.3 Å². The highest BCUT2D eigenvalue weighted by Gasteiger charge is 2.34. The molecule has 1 aromatic carbocycles. The Balaban J connectivity index is 1.58. The molecule has 4 rings (SSSR count). The van der Waals surface area contributed by atoms with Crippen molar-refractivity contribution < 1.29 is 32.2 Å². The second kappa shape index (κ2) is 11.7.